The Morgan fingerprint density at radius 2 is 1.72 bits per heavy atom. The molecule has 6 nitrogen and oxygen atoms in total. The Balaban J connectivity index is 1.68. The number of benzene rings is 2. The van der Waals surface area contributed by atoms with Gasteiger partial charge in [-0.3, -0.25) is 14.4 Å². The van der Waals surface area contributed by atoms with E-state index in [0.717, 1.165) is 5.56 Å². The molecule has 148 valence electrons. The molecule has 0 bridgehead atoms. The van der Waals surface area contributed by atoms with Gasteiger partial charge in [-0.05, 0) is 30.3 Å². The summed E-state index contributed by atoms with van der Waals surface area (Å²) in [6.07, 6.45) is 0. The molecule has 0 aliphatic carbocycles. The van der Waals surface area contributed by atoms with Crippen molar-refractivity contribution in [3.63, 3.8) is 0 Å². The number of anilines is 2. The normalized spacial score (nSPS) is 30.3. The molecule has 2 fully saturated rings. The van der Waals surface area contributed by atoms with Gasteiger partial charge in [0.15, 0.2) is 0 Å². The number of carbonyl (C=O) groups is 3. The lowest BCUT2D eigenvalue weighted by atomic mass is 9.76. The smallest absolute Gasteiger partial charge is 0.291 e. The van der Waals surface area contributed by atoms with Crippen molar-refractivity contribution < 1.29 is 19.7 Å². The Morgan fingerprint density at radius 1 is 1.03 bits per heavy atom. The monoisotopic (exact) mass is 410 g/mol. The first-order valence-corrected chi connectivity index (χ1v) is 10.1. The highest BCUT2D eigenvalue weighted by Crippen LogP contribution is 2.50. The molecule has 29 heavy (non-hydrogen) atoms. The molecule has 2 aromatic carbocycles. The van der Waals surface area contributed by atoms with Crippen molar-refractivity contribution in [3.8, 4) is 0 Å². The van der Waals surface area contributed by atoms with Crippen LogP contribution in [0.2, 0.25) is 5.02 Å². The number of carbonyl (C=O) groups excluding carboxylic acids is 3. The lowest BCUT2D eigenvalue weighted by Gasteiger charge is -2.27. The minimum Gasteiger partial charge on any atom is -0.326 e. The average molecular weight is 411 g/mol. The molecule has 0 saturated carbocycles. The maximum atomic E-state index is 13.6. The van der Waals surface area contributed by atoms with Crippen LogP contribution in [0.15, 0.2) is 48.5 Å². The van der Waals surface area contributed by atoms with Gasteiger partial charge in [0.1, 0.15) is 17.9 Å². The number of rotatable bonds is 2. The summed E-state index contributed by atoms with van der Waals surface area (Å²) in [6, 6.07) is 13.9. The lowest BCUT2D eigenvalue weighted by Crippen LogP contribution is -2.99. The van der Waals surface area contributed by atoms with Gasteiger partial charge in [-0.15, -0.1) is 0 Å². The van der Waals surface area contributed by atoms with E-state index in [1.54, 1.807) is 24.3 Å². The van der Waals surface area contributed by atoms with Crippen LogP contribution in [0.4, 0.5) is 11.4 Å². The van der Waals surface area contributed by atoms with Gasteiger partial charge in [0.25, 0.3) is 5.91 Å². The maximum absolute atomic E-state index is 13.6. The van der Waals surface area contributed by atoms with Gasteiger partial charge in [-0.1, -0.05) is 43.6 Å². The molecule has 4 atom stereocenters. The van der Waals surface area contributed by atoms with E-state index in [1.165, 1.54) is 4.90 Å². The third kappa shape index (κ3) is 2.30. The van der Waals surface area contributed by atoms with E-state index >= 15 is 0 Å². The van der Waals surface area contributed by atoms with E-state index in [0.29, 0.717) is 16.4 Å². The Bertz CT molecular complexity index is 1050. The minimum atomic E-state index is -1.12. The molecule has 5 rings (SSSR count). The zero-order valence-corrected chi connectivity index (χ0v) is 16.8. The molecule has 3 amide bonds. The SMILES string of the molecule is CC(C)[C@H]1[NH2+][C@@]2(C(=O)Nc3ccccc32)[C@H]2C(=O)N(c3ccc(Cl)cc3)C(=O)[C@H]12. The van der Waals surface area contributed by atoms with Gasteiger partial charge in [0, 0.05) is 16.5 Å². The number of hydrogen-bond acceptors (Lipinski definition) is 3. The van der Waals surface area contributed by atoms with Gasteiger partial charge in [0.05, 0.1) is 11.4 Å². The van der Waals surface area contributed by atoms with Crippen LogP contribution in [0.25, 0.3) is 0 Å². The molecule has 1 spiro atoms. The van der Waals surface area contributed by atoms with Crippen LogP contribution < -0.4 is 15.5 Å². The molecule has 0 unspecified atom stereocenters. The Kier molecular flexibility index (Phi) is 3.89. The van der Waals surface area contributed by atoms with Crippen molar-refractivity contribution in [2.75, 3.05) is 10.2 Å². The highest BCUT2D eigenvalue weighted by molar-refractivity contribution is 6.31. The van der Waals surface area contributed by atoms with Crippen LogP contribution in [0.5, 0.6) is 0 Å². The Morgan fingerprint density at radius 3 is 2.41 bits per heavy atom. The van der Waals surface area contributed by atoms with E-state index in [-0.39, 0.29) is 29.7 Å². The van der Waals surface area contributed by atoms with Crippen LogP contribution in [0.3, 0.4) is 0 Å². The molecule has 3 aliphatic rings. The average Bonchev–Trinajstić information content (AvgIpc) is 3.28. The standard InChI is InChI=1S/C22H20ClN3O3/c1-11(2)18-16-17(20(28)26(19(16)27)13-9-7-12(23)8-10-13)22(25-18)14-5-3-4-6-15(14)24-21(22)29/h3-11,16-18,25H,1-2H3,(H,24,29)/p+1/t16-,17+,18+,22+/m0/s1. The number of amides is 3. The molecule has 3 N–H and O–H groups in total. The third-order valence-electron chi connectivity index (χ3n) is 6.56. The predicted octanol–water partition coefficient (Wildman–Crippen LogP) is 1.89. The number of nitrogens with one attached hydrogen (secondary N) is 1. The summed E-state index contributed by atoms with van der Waals surface area (Å²) in [7, 11) is 0. The first-order valence-electron chi connectivity index (χ1n) is 9.76. The summed E-state index contributed by atoms with van der Waals surface area (Å²) < 4.78 is 0. The number of quaternary nitrogens is 1. The summed E-state index contributed by atoms with van der Waals surface area (Å²) in [5.74, 6) is -1.99. The van der Waals surface area contributed by atoms with Crippen molar-refractivity contribution in [2.24, 2.45) is 17.8 Å². The van der Waals surface area contributed by atoms with Crippen LogP contribution >= 0.6 is 11.6 Å². The molecule has 3 heterocycles. The second kappa shape index (κ2) is 6.15. The maximum Gasteiger partial charge on any atom is 0.291 e. The molecule has 0 aromatic heterocycles. The number of fused-ring (bicyclic) bond motifs is 4. The third-order valence-corrected chi connectivity index (χ3v) is 6.81. The zero-order valence-electron chi connectivity index (χ0n) is 16.1. The number of nitrogens with two attached hydrogens (primary N) is 1. The number of nitrogens with zero attached hydrogens (tertiary/aromatic N) is 1. The minimum absolute atomic E-state index is 0.115. The van der Waals surface area contributed by atoms with Crippen LogP contribution in [-0.4, -0.2) is 23.8 Å². The van der Waals surface area contributed by atoms with Crippen LogP contribution in [0.1, 0.15) is 19.4 Å². The summed E-state index contributed by atoms with van der Waals surface area (Å²) in [6.45, 7) is 4.05. The number of imide groups is 1. The fraction of sp³-hybridized carbons (Fsp3) is 0.318. The quantitative estimate of drug-likeness (QED) is 0.742. The van der Waals surface area contributed by atoms with Crippen molar-refractivity contribution in [3.05, 3.63) is 59.1 Å². The molecule has 2 saturated heterocycles. The van der Waals surface area contributed by atoms with Gasteiger partial charge in [-0.2, -0.15) is 0 Å². The Labute approximate surface area is 173 Å². The Hall–Kier alpha value is -2.70. The van der Waals surface area contributed by atoms with Gasteiger partial charge in [0.2, 0.25) is 17.4 Å². The summed E-state index contributed by atoms with van der Waals surface area (Å²) >= 11 is 5.98. The first kappa shape index (κ1) is 18.3. The van der Waals surface area contributed by atoms with Crippen LogP contribution in [-0.2, 0) is 19.9 Å². The zero-order chi connectivity index (χ0) is 20.5. The fourth-order valence-corrected chi connectivity index (χ4v) is 5.42. The fourth-order valence-electron chi connectivity index (χ4n) is 5.30. The molecule has 2 aromatic rings. The van der Waals surface area contributed by atoms with Crippen molar-refractivity contribution in [1.29, 1.82) is 0 Å². The molecule has 0 radical (unpaired) electrons. The summed E-state index contributed by atoms with van der Waals surface area (Å²) in [5.41, 5.74) is 0.858. The van der Waals surface area contributed by atoms with Crippen LogP contribution in [0, 0.1) is 17.8 Å². The molecule has 3 aliphatic heterocycles. The summed E-state index contributed by atoms with van der Waals surface area (Å²) in [4.78, 5) is 41.6. The number of hydrogen-bond donors (Lipinski definition) is 2. The second-order valence-corrected chi connectivity index (χ2v) is 8.78. The number of halogens is 1. The first-order chi connectivity index (χ1) is 13.9. The molecular weight excluding hydrogens is 390 g/mol. The van der Waals surface area contributed by atoms with Crippen molar-refractivity contribution in [2.45, 2.75) is 25.4 Å². The largest absolute Gasteiger partial charge is 0.326 e. The predicted molar refractivity (Wildman–Crippen MR) is 108 cm³/mol. The van der Waals surface area contributed by atoms with Gasteiger partial charge < -0.3 is 10.6 Å². The summed E-state index contributed by atoms with van der Waals surface area (Å²) in [5, 5.41) is 5.42. The van der Waals surface area contributed by atoms with Crippen molar-refractivity contribution in [1.82, 2.24) is 0 Å². The van der Waals surface area contributed by atoms with Gasteiger partial charge >= 0.3 is 0 Å². The highest BCUT2D eigenvalue weighted by Gasteiger charge is 2.74. The second-order valence-electron chi connectivity index (χ2n) is 8.35. The topological polar surface area (TPSA) is 83.1 Å². The van der Waals surface area contributed by atoms with E-state index < -0.39 is 17.4 Å². The molecular formula is C22H21ClN3O3+. The molecule has 7 heteroatoms. The number of para-hydroxylation sites is 1. The van der Waals surface area contributed by atoms with E-state index in [2.05, 4.69) is 5.32 Å². The van der Waals surface area contributed by atoms with E-state index in [9.17, 15) is 14.4 Å². The lowest BCUT2D eigenvalue weighted by molar-refractivity contribution is -0.738. The van der Waals surface area contributed by atoms with Gasteiger partial charge in [-0.25, -0.2) is 4.90 Å². The highest BCUT2D eigenvalue weighted by atomic mass is 35.5. The van der Waals surface area contributed by atoms with E-state index in [1.807, 2.05) is 43.4 Å². The van der Waals surface area contributed by atoms with E-state index in [4.69, 9.17) is 11.6 Å². The van der Waals surface area contributed by atoms with Crippen molar-refractivity contribution >= 4 is 40.7 Å².